The van der Waals surface area contributed by atoms with Crippen molar-refractivity contribution >= 4 is 17.7 Å². The molecule has 252 valence electrons. The molecule has 3 N–H and O–H groups in total. The van der Waals surface area contributed by atoms with E-state index in [2.05, 4.69) is 27.5 Å². The number of nitrogens with one attached hydrogen (secondary N) is 3. The van der Waals surface area contributed by atoms with Crippen LogP contribution in [0.2, 0.25) is 0 Å². The Balaban J connectivity index is 1.64. The van der Waals surface area contributed by atoms with Crippen molar-refractivity contribution < 1.29 is 18.8 Å². The first kappa shape index (κ1) is 35.3. The number of amides is 3. The number of benzene rings is 2. The predicted octanol–water partition coefficient (Wildman–Crippen LogP) is 3.77. The van der Waals surface area contributed by atoms with E-state index in [9.17, 15) is 18.8 Å². The fourth-order valence-electron chi connectivity index (χ4n) is 5.75. The van der Waals surface area contributed by atoms with Crippen LogP contribution in [0.3, 0.4) is 0 Å². The number of imidazole rings is 1. The third-order valence-corrected chi connectivity index (χ3v) is 8.69. The maximum Gasteiger partial charge on any atom is 0.274 e. The number of aryl methyl sites for hydroxylation is 1. The quantitative estimate of drug-likeness (QED) is 0.261. The van der Waals surface area contributed by atoms with Gasteiger partial charge >= 0.3 is 0 Å². The van der Waals surface area contributed by atoms with Gasteiger partial charge in [0.15, 0.2) is 0 Å². The van der Waals surface area contributed by atoms with Crippen LogP contribution in [0, 0.1) is 11.2 Å². The molecule has 1 aliphatic rings. The van der Waals surface area contributed by atoms with Gasteiger partial charge in [0.2, 0.25) is 5.91 Å². The smallest absolute Gasteiger partial charge is 0.274 e. The summed E-state index contributed by atoms with van der Waals surface area (Å²) >= 11 is 0. The van der Waals surface area contributed by atoms with Gasteiger partial charge in [0, 0.05) is 56.2 Å². The molecule has 0 saturated carbocycles. The zero-order chi connectivity index (χ0) is 34.3. The van der Waals surface area contributed by atoms with Crippen molar-refractivity contribution in [2.24, 2.45) is 12.5 Å². The van der Waals surface area contributed by atoms with Gasteiger partial charge in [0.25, 0.3) is 11.8 Å². The lowest BCUT2D eigenvalue weighted by molar-refractivity contribution is -0.137. The lowest BCUT2D eigenvalue weighted by Crippen LogP contribution is -2.57. The van der Waals surface area contributed by atoms with Crippen LogP contribution in [0.1, 0.15) is 60.5 Å². The fourth-order valence-corrected chi connectivity index (χ4v) is 5.75. The predicted molar refractivity (Wildman–Crippen MR) is 181 cm³/mol. The molecule has 2 aromatic carbocycles. The molecule has 2 heterocycles. The normalized spacial score (nSPS) is 17.6. The van der Waals surface area contributed by atoms with Gasteiger partial charge in [-0.15, -0.1) is 0 Å². The molecular weight excluding hydrogens is 597 g/mol. The first-order valence-corrected chi connectivity index (χ1v) is 16.1. The molecule has 11 heteroatoms. The highest BCUT2D eigenvalue weighted by molar-refractivity contribution is 5.94. The number of likely N-dealkylation sites (tertiary alicyclic amines) is 1. The minimum Gasteiger partial charge on any atom is -0.376 e. The second-order valence-corrected chi connectivity index (χ2v) is 13.4. The van der Waals surface area contributed by atoms with Gasteiger partial charge in [-0.3, -0.25) is 14.4 Å². The number of halogens is 1. The van der Waals surface area contributed by atoms with Crippen molar-refractivity contribution in [3.05, 3.63) is 102 Å². The summed E-state index contributed by atoms with van der Waals surface area (Å²) in [5.41, 5.74) is 1.92. The van der Waals surface area contributed by atoms with Crippen molar-refractivity contribution in [3.8, 4) is 0 Å². The lowest BCUT2D eigenvalue weighted by Gasteiger charge is -2.38. The zero-order valence-electron chi connectivity index (χ0n) is 28.3. The van der Waals surface area contributed by atoms with E-state index >= 15 is 0 Å². The zero-order valence-corrected chi connectivity index (χ0v) is 28.3. The largest absolute Gasteiger partial charge is 0.376 e. The van der Waals surface area contributed by atoms with E-state index in [1.807, 2.05) is 52.9 Å². The van der Waals surface area contributed by atoms with Crippen LogP contribution in [0.5, 0.6) is 0 Å². The molecule has 1 aliphatic heterocycles. The molecule has 10 nitrogen and oxygen atoms in total. The topological polar surface area (TPSA) is 112 Å². The van der Waals surface area contributed by atoms with Crippen molar-refractivity contribution in [1.29, 1.82) is 0 Å². The second-order valence-electron chi connectivity index (χ2n) is 13.4. The number of hydrogen-bond donors (Lipinski definition) is 3. The molecule has 47 heavy (non-hydrogen) atoms. The molecule has 4 rings (SSSR count). The van der Waals surface area contributed by atoms with Crippen LogP contribution in [0.4, 0.5) is 4.39 Å². The van der Waals surface area contributed by atoms with Gasteiger partial charge in [0.05, 0.1) is 12.4 Å². The summed E-state index contributed by atoms with van der Waals surface area (Å²) in [6.07, 6.45) is 4.19. The van der Waals surface area contributed by atoms with E-state index in [1.54, 1.807) is 58.2 Å². The van der Waals surface area contributed by atoms with Crippen LogP contribution >= 0.6 is 0 Å². The Kier molecular flexibility index (Phi) is 11.6. The van der Waals surface area contributed by atoms with Gasteiger partial charge in [-0.25, -0.2) is 9.37 Å². The first-order chi connectivity index (χ1) is 22.3. The van der Waals surface area contributed by atoms with E-state index in [4.69, 9.17) is 0 Å². The van der Waals surface area contributed by atoms with E-state index < -0.39 is 17.5 Å². The number of hydrogen-bond acceptors (Lipinski definition) is 6. The molecule has 1 aromatic heterocycles. The van der Waals surface area contributed by atoms with E-state index in [1.165, 1.54) is 12.1 Å². The highest BCUT2D eigenvalue weighted by atomic mass is 19.1. The number of nitrogens with zero attached hydrogens (tertiary/aromatic N) is 4. The first-order valence-electron chi connectivity index (χ1n) is 16.1. The van der Waals surface area contributed by atoms with Gasteiger partial charge in [0.1, 0.15) is 17.6 Å². The average Bonchev–Trinajstić information content (AvgIpc) is 3.66. The molecule has 1 fully saturated rings. The summed E-state index contributed by atoms with van der Waals surface area (Å²) in [5, 5.41) is 9.67. The third kappa shape index (κ3) is 9.28. The van der Waals surface area contributed by atoms with Crippen molar-refractivity contribution in [2.75, 3.05) is 26.7 Å². The highest BCUT2D eigenvalue weighted by Gasteiger charge is 2.43. The van der Waals surface area contributed by atoms with E-state index in [-0.39, 0.29) is 48.7 Å². The van der Waals surface area contributed by atoms with Crippen molar-refractivity contribution in [1.82, 2.24) is 35.3 Å². The second kappa shape index (κ2) is 15.4. The third-order valence-electron chi connectivity index (χ3n) is 8.69. The summed E-state index contributed by atoms with van der Waals surface area (Å²) in [5.74, 6) is -0.943. The summed E-state index contributed by atoms with van der Waals surface area (Å²) < 4.78 is 15.3. The molecule has 4 atom stereocenters. The van der Waals surface area contributed by atoms with Crippen molar-refractivity contribution in [2.45, 2.75) is 64.7 Å². The van der Waals surface area contributed by atoms with Crippen LogP contribution in [-0.2, 0) is 18.3 Å². The Hall–Kier alpha value is -4.51. The summed E-state index contributed by atoms with van der Waals surface area (Å²) in [7, 11) is 3.63. The van der Waals surface area contributed by atoms with Crippen LogP contribution in [0.15, 0.2) is 79.4 Å². The Labute approximate surface area is 277 Å². The Morgan fingerprint density at radius 1 is 1.11 bits per heavy atom. The minimum atomic E-state index is -0.615. The maximum atomic E-state index is 14.5. The molecule has 0 bridgehead atoms. The van der Waals surface area contributed by atoms with Crippen LogP contribution in [-0.4, -0.2) is 87.9 Å². The lowest BCUT2D eigenvalue weighted by atomic mass is 9.85. The summed E-state index contributed by atoms with van der Waals surface area (Å²) in [6.45, 7) is 13.0. The number of likely N-dealkylation sites (N-methyl/N-ethyl adjacent to an activating group) is 1. The molecule has 0 aliphatic carbocycles. The Bertz CT molecular complexity index is 1530. The SMILES string of the molecule is C=C(N[C@H](C(=O)N1C[C@@H](NC(=O)c2ccccc2)C[C@H]1CN(CCc1ccc(F)cc1)C(=O)c1cn(C)cn1)C(C)(C)C)[C@H](C)NC. The van der Waals surface area contributed by atoms with Crippen LogP contribution in [0.25, 0.3) is 0 Å². The molecular formula is C36H48FN7O3. The Morgan fingerprint density at radius 2 is 1.79 bits per heavy atom. The standard InChI is InChI=1S/C36H48FN7O3/c1-24(38-6)25(2)40-32(36(3,4)5)35(47)44-20-29(41-33(45)27-11-9-8-10-12-27)19-30(44)21-43(34(46)31-22-42(7)23-39-31)18-17-26-13-15-28(37)16-14-26/h8-16,22-24,29-30,32,38,40H,2,17-21H2,1,3-7H3,(H,41,45)/t24-,29-,30-,32+/m0/s1. The number of rotatable bonds is 13. The molecule has 0 unspecified atom stereocenters. The van der Waals surface area contributed by atoms with Crippen molar-refractivity contribution in [3.63, 3.8) is 0 Å². The van der Waals surface area contributed by atoms with E-state index in [0.717, 1.165) is 5.56 Å². The molecule has 0 radical (unpaired) electrons. The minimum absolute atomic E-state index is 0.0714. The summed E-state index contributed by atoms with van der Waals surface area (Å²) in [6, 6.07) is 13.8. The molecule has 3 amide bonds. The number of carbonyl (C=O) groups is 3. The average molecular weight is 646 g/mol. The number of aromatic nitrogens is 2. The van der Waals surface area contributed by atoms with Gasteiger partial charge in [-0.2, -0.15) is 0 Å². The monoisotopic (exact) mass is 645 g/mol. The van der Waals surface area contributed by atoms with Crippen LogP contribution < -0.4 is 16.0 Å². The summed E-state index contributed by atoms with van der Waals surface area (Å²) in [4.78, 5) is 49.4. The van der Waals surface area contributed by atoms with E-state index in [0.29, 0.717) is 36.3 Å². The molecule has 0 spiro atoms. The van der Waals surface area contributed by atoms with Gasteiger partial charge in [-0.05, 0) is 62.1 Å². The molecule has 1 saturated heterocycles. The fraction of sp³-hybridized carbons (Fsp3) is 0.444. The highest BCUT2D eigenvalue weighted by Crippen LogP contribution is 2.28. The van der Waals surface area contributed by atoms with Gasteiger partial charge < -0.3 is 30.3 Å². The maximum absolute atomic E-state index is 14.5. The molecule has 3 aromatic rings. The number of carbonyl (C=O) groups excluding carboxylic acids is 3. The van der Waals surface area contributed by atoms with Gasteiger partial charge in [-0.1, -0.05) is 57.7 Å². The Morgan fingerprint density at radius 3 is 2.38 bits per heavy atom.